The van der Waals surface area contributed by atoms with E-state index in [1.54, 1.807) is 0 Å². The van der Waals surface area contributed by atoms with Gasteiger partial charge < -0.3 is 0 Å². The molecule has 2 aromatic carbocycles. The van der Waals surface area contributed by atoms with Crippen LogP contribution in [0.15, 0.2) is 46.3 Å². The van der Waals surface area contributed by atoms with Crippen molar-refractivity contribution in [3.05, 3.63) is 63.2 Å². The smallest absolute Gasteiger partial charge is 0.209 e. The van der Waals surface area contributed by atoms with Crippen molar-refractivity contribution in [2.45, 2.75) is 9.79 Å². The third-order valence-corrected chi connectivity index (χ3v) is 6.16. The van der Waals surface area contributed by atoms with Gasteiger partial charge in [0.1, 0.15) is 16.5 Å². The number of aromatic nitrogens is 1. The van der Waals surface area contributed by atoms with Crippen LogP contribution >= 0.6 is 34.8 Å². The summed E-state index contributed by atoms with van der Waals surface area (Å²) in [4.78, 5) is 3.34. The predicted octanol–water partition coefficient (Wildman–Crippen LogP) is 5.31. The molecular weight excluding hydrogens is 403 g/mol. The lowest BCUT2D eigenvalue weighted by Crippen LogP contribution is -2.04. The number of benzene rings is 2. The van der Waals surface area contributed by atoms with Crippen molar-refractivity contribution in [3.8, 4) is 0 Å². The molecule has 0 radical (unpaired) electrons. The molecule has 3 nitrogen and oxygen atoms in total. The number of fused-ring (bicyclic) bond motifs is 1. The van der Waals surface area contributed by atoms with Gasteiger partial charge in [-0.05, 0) is 24.3 Å². The van der Waals surface area contributed by atoms with E-state index in [0.29, 0.717) is 0 Å². The highest BCUT2D eigenvalue weighted by atomic mass is 35.5. The normalized spacial score (nSPS) is 11.9. The van der Waals surface area contributed by atoms with E-state index in [1.807, 2.05) is 0 Å². The zero-order valence-corrected chi connectivity index (χ0v) is 14.6. The second-order valence-electron chi connectivity index (χ2n) is 4.80. The Morgan fingerprint density at radius 3 is 2.25 bits per heavy atom. The number of rotatable bonds is 2. The highest BCUT2D eigenvalue weighted by Crippen LogP contribution is 2.35. The van der Waals surface area contributed by atoms with Crippen LogP contribution in [0, 0.1) is 11.6 Å². The predicted molar refractivity (Wildman–Crippen MR) is 88.6 cm³/mol. The second-order valence-corrected chi connectivity index (χ2v) is 7.91. The fourth-order valence-corrected chi connectivity index (χ4v) is 4.32. The van der Waals surface area contributed by atoms with Crippen LogP contribution in [0.1, 0.15) is 0 Å². The Morgan fingerprint density at radius 2 is 1.58 bits per heavy atom. The summed E-state index contributed by atoms with van der Waals surface area (Å²) in [6.07, 6.45) is 1.00. The van der Waals surface area contributed by atoms with Gasteiger partial charge in [0.15, 0.2) is 0 Å². The number of hydrogen-bond acceptors (Lipinski definition) is 3. The van der Waals surface area contributed by atoms with E-state index in [-0.39, 0.29) is 35.8 Å². The van der Waals surface area contributed by atoms with Gasteiger partial charge in [-0.2, -0.15) is 0 Å². The molecule has 3 rings (SSSR count). The third kappa shape index (κ3) is 2.84. The Balaban J connectivity index is 2.26. The lowest BCUT2D eigenvalue weighted by atomic mass is 10.2. The minimum Gasteiger partial charge on any atom is -0.255 e. The van der Waals surface area contributed by atoms with Gasteiger partial charge in [-0.3, -0.25) is 4.98 Å². The van der Waals surface area contributed by atoms with Gasteiger partial charge in [-0.1, -0.05) is 34.8 Å². The van der Waals surface area contributed by atoms with Crippen LogP contribution in [-0.2, 0) is 9.84 Å². The zero-order valence-electron chi connectivity index (χ0n) is 11.5. The Bertz CT molecular complexity index is 1090. The maximum atomic E-state index is 13.5. The monoisotopic (exact) mass is 407 g/mol. The molecule has 0 spiro atoms. The van der Waals surface area contributed by atoms with Crippen molar-refractivity contribution in [1.82, 2.24) is 4.98 Å². The first kappa shape index (κ1) is 17.4. The molecule has 0 N–H and O–H groups in total. The molecule has 9 heteroatoms. The van der Waals surface area contributed by atoms with Gasteiger partial charge in [-0.25, -0.2) is 17.2 Å². The van der Waals surface area contributed by atoms with Crippen molar-refractivity contribution in [2.24, 2.45) is 0 Å². The molecule has 3 aromatic rings. The summed E-state index contributed by atoms with van der Waals surface area (Å²) >= 11 is 17.5. The van der Waals surface area contributed by atoms with Gasteiger partial charge >= 0.3 is 0 Å². The average molecular weight is 409 g/mol. The molecule has 124 valence electrons. The van der Waals surface area contributed by atoms with Crippen molar-refractivity contribution in [1.29, 1.82) is 0 Å². The number of hydrogen-bond donors (Lipinski definition) is 0. The largest absolute Gasteiger partial charge is 0.255 e. The molecule has 24 heavy (non-hydrogen) atoms. The molecule has 1 aromatic heterocycles. The van der Waals surface area contributed by atoms with E-state index in [9.17, 15) is 17.2 Å². The van der Waals surface area contributed by atoms with E-state index in [0.717, 1.165) is 30.5 Å². The molecule has 0 saturated heterocycles. The van der Waals surface area contributed by atoms with Crippen LogP contribution < -0.4 is 0 Å². The maximum absolute atomic E-state index is 13.5. The molecule has 0 amide bonds. The second kappa shape index (κ2) is 6.11. The summed E-state index contributed by atoms with van der Waals surface area (Å²) in [5.41, 5.74) is 0.151. The minimum atomic E-state index is -4.11. The maximum Gasteiger partial charge on any atom is 0.209 e. The molecule has 1 heterocycles. The molecule has 0 fully saturated rings. The summed E-state index contributed by atoms with van der Waals surface area (Å²) in [6.45, 7) is 0. The average Bonchev–Trinajstić information content (AvgIpc) is 2.52. The number of sulfone groups is 1. The lowest BCUT2D eigenvalue weighted by Gasteiger charge is -2.10. The van der Waals surface area contributed by atoms with E-state index >= 15 is 0 Å². The number of pyridine rings is 1. The molecule has 0 aliphatic rings. The van der Waals surface area contributed by atoms with Crippen LogP contribution in [0.3, 0.4) is 0 Å². The molecule has 0 saturated carbocycles. The van der Waals surface area contributed by atoms with Crippen LogP contribution in [0.2, 0.25) is 15.1 Å². The van der Waals surface area contributed by atoms with Crippen molar-refractivity contribution >= 4 is 55.5 Å². The van der Waals surface area contributed by atoms with Gasteiger partial charge in [-0.15, -0.1) is 0 Å². The molecule has 0 bridgehead atoms. The van der Waals surface area contributed by atoms with Crippen molar-refractivity contribution in [3.63, 3.8) is 0 Å². The van der Waals surface area contributed by atoms with Crippen molar-refractivity contribution in [2.75, 3.05) is 0 Å². The van der Waals surface area contributed by atoms with Gasteiger partial charge in [0.2, 0.25) is 9.84 Å². The first-order chi connectivity index (χ1) is 11.2. The van der Waals surface area contributed by atoms with Crippen molar-refractivity contribution < 1.29 is 17.2 Å². The van der Waals surface area contributed by atoms with Gasteiger partial charge in [0.25, 0.3) is 0 Å². The highest BCUT2D eigenvalue weighted by Gasteiger charge is 2.24. The summed E-state index contributed by atoms with van der Waals surface area (Å²) < 4.78 is 52.1. The van der Waals surface area contributed by atoms with E-state index in [4.69, 9.17) is 34.8 Å². The Labute approximate surface area is 150 Å². The summed E-state index contributed by atoms with van der Waals surface area (Å²) in [5.74, 6) is -1.45. The van der Waals surface area contributed by atoms with E-state index in [1.165, 1.54) is 6.07 Å². The Hall–Kier alpha value is -1.47. The topological polar surface area (TPSA) is 47.0 Å². The zero-order chi connectivity index (χ0) is 17.6. The fraction of sp³-hybridized carbons (Fsp3) is 0. The first-order valence-electron chi connectivity index (χ1n) is 6.35. The molecule has 0 aliphatic heterocycles. The first-order valence-corrected chi connectivity index (χ1v) is 8.97. The minimum absolute atomic E-state index is 0.151. The summed E-state index contributed by atoms with van der Waals surface area (Å²) in [5, 5.41) is -0.545. The standard InChI is InChI=1S/C15H6Cl3F2NO2S/c16-9-3-7(1-2-11(9)19)24(22,23)14-6-21-13-5-12(20)10(17)4-8(13)15(14)18/h1-6H. The summed E-state index contributed by atoms with van der Waals surface area (Å²) in [6, 6.07) is 5.22. The van der Waals surface area contributed by atoms with Crippen LogP contribution in [0.25, 0.3) is 10.9 Å². The van der Waals surface area contributed by atoms with Crippen LogP contribution in [0.5, 0.6) is 0 Å². The Morgan fingerprint density at radius 1 is 0.917 bits per heavy atom. The van der Waals surface area contributed by atoms with E-state index < -0.39 is 21.5 Å². The van der Waals surface area contributed by atoms with Crippen LogP contribution in [-0.4, -0.2) is 13.4 Å². The van der Waals surface area contributed by atoms with Gasteiger partial charge in [0.05, 0.1) is 25.5 Å². The molecule has 0 aliphatic carbocycles. The molecule has 0 unspecified atom stereocenters. The molecular formula is C15H6Cl3F2NO2S. The lowest BCUT2D eigenvalue weighted by molar-refractivity contribution is 0.594. The SMILES string of the molecule is O=S(=O)(c1ccc(F)c(Cl)c1)c1cnc2cc(F)c(Cl)cc2c1Cl. The highest BCUT2D eigenvalue weighted by molar-refractivity contribution is 7.91. The number of halogens is 5. The number of nitrogens with zero attached hydrogens (tertiary/aromatic N) is 1. The Kier molecular flexibility index (Phi) is 4.42. The summed E-state index contributed by atoms with van der Waals surface area (Å²) in [7, 11) is -4.11. The van der Waals surface area contributed by atoms with E-state index in [2.05, 4.69) is 4.98 Å². The molecule has 0 atom stereocenters. The quantitative estimate of drug-likeness (QED) is 0.540. The van der Waals surface area contributed by atoms with Crippen LogP contribution in [0.4, 0.5) is 8.78 Å². The third-order valence-electron chi connectivity index (χ3n) is 3.30. The van der Waals surface area contributed by atoms with Gasteiger partial charge in [0, 0.05) is 17.6 Å². The fourth-order valence-electron chi connectivity index (χ4n) is 2.09.